The van der Waals surface area contributed by atoms with E-state index in [0.717, 1.165) is 5.56 Å². The summed E-state index contributed by atoms with van der Waals surface area (Å²) >= 11 is 0. The number of hydrogen-bond acceptors (Lipinski definition) is 6. The molecule has 0 aromatic heterocycles. The van der Waals surface area contributed by atoms with Crippen LogP contribution in [0.25, 0.3) is 0 Å². The number of amides is 4. The second kappa shape index (κ2) is 14.8. The molecule has 0 spiro atoms. The molecule has 1 aliphatic rings. The number of methoxy groups -OCH3 is 1. The Kier molecular flexibility index (Phi) is 11.1. The molecule has 0 aliphatic carbocycles. The number of benzene rings is 2. The third-order valence-electron chi connectivity index (χ3n) is 6.67. The van der Waals surface area contributed by atoms with Gasteiger partial charge < -0.3 is 30.7 Å². The van der Waals surface area contributed by atoms with Gasteiger partial charge in [0.1, 0.15) is 12.1 Å². The van der Waals surface area contributed by atoms with Crippen LogP contribution in [0.1, 0.15) is 49.0 Å². The fourth-order valence-electron chi connectivity index (χ4n) is 4.18. The smallest absolute Gasteiger partial charge is 0.252 e. The zero-order valence-corrected chi connectivity index (χ0v) is 22.8. The molecular weight excluding hydrogens is 500 g/mol. The zero-order valence-electron chi connectivity index (χ0n) is 22.8. The average Bonchev–Trinajstić information content (AvgIpc) is 2.94. The van der Waals surface area contributed by atoms with Crippen LogP contribution in [0.15, 0.2) is 48.5 Å². The highest BCUT2D eigenvalue weighted by molar-refractivity contribution is 5.98. The van der Waals surface area contributed by atoms with Crippen molar-refractivity contribution in [2.45, 2.75) is 51.6 Å². The van der Waals surface area contributed by atoms with Gasteiger partial charge in [0.15, 0.2) is 11.5 Å². The van der Waals surface area contributed by atoms with E-state index in [4.69, 9.17) is 9.47 Å². The van der Waals surface area contributed by atoms with Crippen LogP contribution in [0.3, 0.4) is 0 Å². The summed E-state index contributed by atoms with van der Waals surface area (Å²) in [4.78, 5) is 51.8. The molecule has 4 amide bonds. The van der Waals surface area contributed by atoms with E-state index < -0.39 is 23.9 Å². The Morgan fingerprint density at radius 3 is 2.44 bits per heavy atom. The molecule has 1 aliphatic heterocycles. The maximum Gasteiger partial charge on any atom is 0.252 e. The van der Waals surface area contributed by atoms with Gasteiger partial charge in [0, 0.05) is 31.5 Å². The molecule has 0 radical (unpaired) electrons. The van der Waals surface area contributed by atoms with Crippen LogP contribution < -0.4 is 30.7 Å². The molecule has 2 bridgehead atoms. The largest absolute Gasteiger partial charge is 0.493 e. The van der Waals surface area contributed by atoms with Crippen LogP contribution in [-0.4, -0.2) is 62.5 Å². The number of carbonyl (C=O) groups is 4. The van der Waals surface area contributed by atoms with Gasteiger partial charge in [-0.2, -0.15) is 0 Å². The summed E-state index contributed by atoms with van der Waals surface area (Å²) in [5, 5.41) is 11.2. The molecule has 0 fully saturated rings. The lowest BCUT2D eigenvalue weighted by molar-refractivity contribution is -0.130. The van der Waals surface area contributed by atoms with Crippen molar-refractivity contribution in [2.75, 3.05) is 26.8 Å². The Bertz CT molecular complexity index is 1140. The van der Waals surface area contributed by atoms with Crippen molar-refractivity contribution in [1.29, 1.82) is 0 Å². The van der Waals surface area contributed by atoms with Crippen LogP contribution in [0.2, 0.25) is 0 Å². The fraction of sp³-hybridized carbons (Fsp3) is 0.448. The molecule has 0 unspecified atom stereocenters. The molecule has 0 saturated carbocycles. The van der Waals surface area contributed by atoms with Gasteiger partial charge in [-0.05, 0) is 36.1 Å². The second-order valence-corrected chi connectivity index (χ2v) is 9.55. The van der Waals surface area contributed by atoms with Gasteiger partial charge in [-0.15, -0.1) is 0 Å². The predicted octanol–water partition coefficient (Wildman–Crippen LogP) is 1.97. The molecule has 2 aromatic carbocycles. The average molecular weight is 539 g/mol. The molecule has 10 nitrogen and oxygen atoms in total. The first-order valence-electron chi connectivity index (χ1n) is 13.3. The highest BCUT2D eigenvalue weighted by atomic mass is 16.5. The molecule has 210 valence electrons. The van der Waals surface area contributed by atoms with Crippen LogP contribution in [0.4, 0.5) is 0 Å². The summed E-state index contributed by atoms with van der Waals surface area (Å²) < 4.78 is 11.2. The Morgan fingerprint density at radius 2 is 1.72 bits per heavy atom. The Balaban J connectivity index is 1.85. The van der Waals surface area contributed by atoms with Gasteiger partial charge in [0.05, 0.1) is 13.7 Å². The maximum absolute atomic E-state index is 13.2. The third kappa shape index (κ3) is 8.73. The molecule has 3 rings (SSSR count). The van der Waals surface area contributed by atoms with Gasteiger partial charge in [0.25, 0.3) is 5.91 Å². The minimum atomic E-state index is -0.879. The van der Waals surface area contributed by atoms with Crippen LogP contribution in [0.5, 0.6) is 11.5 Å². The quantitative estimate of drug-likeness (QED) is 0.460. The number of ether oxygens (including phenoxy) is 2. The summed E-state index contributed by atoms with van der Waals surface area (Å²) in [7, 11) is 1.51. The lowest BCUT2D eigenvalue weighted by Gasteiger charge is -2.24. The van der Waals surface area contributed by atoms with Crippen molar-refractivity contribution in [2.24, 2.45) is 5.92 Å². The van der Waals surface area contributed by atoms with E-state index in [0.29, 0.717) is 36.4 Å². The number of nitrogens with one attached hydrogen (secondary N) is 4. The maximum atomic E-state index is 13.2. The highest BCUT2D eigenvalue weighted by Crippen LogP contribution is 2.28. The predicted molar refractivity (Wildman–Crippen MR) is 147 cm³/mol. The van der Waals surface area contributed by atoms with Crippen molar-refractivity contribution in [3.63, 3.8) is 0 Å². The highest BCUT2D eigenvalue weighted by Gasteiger charge is 2.26. The van der Waals surface area contributed by atoms with Crippen LogP contribution >= 0.6 is 0 Å². The SMILES string of the molecule is CC[C@H](C)[C@H]1NC(=O)CCNC(=O)[C@H](Cc2ccccc2)NC(=O)c2ccc(OC)c(c2)OCCCNC1=O. The van der Waals surface area contributed by atoms with E-state index in [1.54, 1.807) is 18.2 Å². The summed E-state index contributed by atoms with van der Waals surface area (Å²) in [5.74, 6) is -0.716. The van der Waals surface area contributed by atoms with Gasteiger partial charge in [-0.25, -0.2) is 0 Å². The zero-order chi connectivity index (χ0) is 28.2. The summed E-state index contributed by atoms with van der Waals surface area (Å²) in [6.45, 7) is 4.53. The summed E-state index contributed by atoms with van der Waals surface area (Å²) in [6, 6.07) is 12.6. The first kappa shape index (κ1) is 29.5. The lowest BCUT2D eigenvalue weighted by atomic mass is 9.98. The molecule has 2 aromatic rings. The molecule has 4 N–H and O–H groups in total. The van der Waals surface area contributed by atoms with Gasteiger partial charge in [-0.3, -0.25) is 19.2 Å². The molecule has 3 atom stereocenters. The molecule has 39 heavy (non-hydrogen) atoms. The van der Waals surface area contributed by atoms with Crippen molar-refractivity contribution in [3.05, 3.63) is 59.7 Å². The fourth-order valence-corrected chi connectivity index (χ4v) is 4.18. The van der Waals surface area contributed by atoms with E-state index in [1.165, 1.54) is 7.11 Å². The van der Waals surface area contributed by atoms with Crippen molar-refractivity contribution in [1.82, 2.24) is 21.3 Å². The van der Waals surface area contributed by atoms with Crippen molar-refractivity contribution >= 4 is 23.6 Å². The summed E-state index contributed by atoms with van der Waals surface area (Å²) in [6.07, 6.45) is 1.47. The number of hydrogen-bond donors (Lipinski definition) is 4. The molecule has 1 heterocycles. The van der Waals surface area contributed by atoms with Crippen molar-refractivity contribution < 1.29 is 28.7 Å². The van der Waals surface area contributed by atoms with Crippen LogP contribution in [0, 0.1) is 5.92 Å². The lowest BCUT2D eigenvalue weighted by Crippen LogP contribution is -2.51. The number of fused-ring (bicyclic) bond motifs is 2. The normalized spacial score (nSPS) is 20.5. The minimum absolute atomic E-state index is 0.00631. The second-order valence-electron chi connectivity index (χ2n) is 9.55. The Labute approximate surface area is 229 Å². The van der Waals surface area contributed by atoms with Gasteiger partial charge in [0.2, 0.25) is 17.7 Å². The standard InChI is InChI=1S/C29H38N4O6/c1-4-19(2)26-29(37)30-14-8-16-39-24-18-21(11-12-23(24)38-3)27(35)32-22(17-20-9-6-5-7-10-20)28(36)31-15-13-25(34)33-26/h5-7,9-12,18-19,22,26H,4,8,13-17H2,1-3H3,(H,30,37)(H,31,36)(H,32,35)(H,33,34)/t19-,22-,26+/m0/s1. The molecule has 10 heteroatoms. The monoisotopic (exact) mass is 538 g/mol. The third-order valence-corrected chi connectivity index (χ3v) is 6.67. The van der Waals surface area contributed by atoms with Crippen LogP contribution in [-0.2, 0) is 20.8 Å². The number of carbonyl (C=O) groups excluding carboxylic acids is 4. The molecular formula is C29H38N4O6. The Morgan fingerprint density at radius 1 is 0.974 bits per heavy atom. The van der Waals surface area contributed by atoms with Crippen molar-refractivity contribution in [3.8, 4) is 11.5 Å². The first-order valence-corrected chi connectivity index (χ1v) is 13.3. The van der Waals surface area contributed by atoms with E-state index in [1.807, 2.05) is 44.2 Å². The minimum Gasteiger partial charge on any atom is -0.493 e. The van der Waals surface area contributed by atoms with E-state index in [2.05, 4.69) is 21.3 Å². The topological polar surface area (TPSA) is 135 Å². The van der Waals surface area contributed by atoms with Gasteiger partial charge in [-0.1, -0.05) is 50.6 Å². The first-order chi connectivity index (χ1) is 18.8. The van der Waals surface area contributed by atoms with E-state index in [-0.39, 0.29) is 43.7 Å². The summed E-state index contributed by atoms with van der Waals surface area (Å²) in [5.41, 5.74) is 1.17. The van der Waals surface area contributed by atoms with Gasteiger partial charge >= 0.3 is 0 Å². The molecule has 0 saturated heterocycles. The van der Waals surface area contributed by atoms with E-state index >= 15 is 0 Å². The number of rotatable bonds is 5. The van der Waals surface area contributed by atoms with E-state index in [9.17, 15) is 19.2 Å². The Hall–Kier alpha value is -4.08.